The van der Waals surface area contributed by atoms with E-state index in [0.717, 1.165) is 31.5 Å². The monoisotopic (exact) mass is 407 g/mol. The molecule has 2 aromatic rings. The molecule has 7 heteroatoms. The van der Waals surface area contributed by atoms with Crippen LogP contribution in [-0.4, -0.2) is 30.8 Å². The van der Waals surface area contributed by atoms with Crippen molar-refractivity contribution in [2.24, 2.45) is 5.92 Å². The van der Waals surface area contributed by atoms with Crippen molar-refractivity contribution in [2.75, 3.05) is 29.9 Å². The molecule has 3 rings (SSSR count). The van der Waals surface area contributed by atoms with Gasteiger partial charge in [0.2, 0.25) is 0 Å². The van der Waals surface area contributed by atoms with Gasteiger partial charge in [-0.2, -0.15) is 0 Å². The minimum Gasteiger partial charge on any atom is -0.396 e. The molecule has 2 aromatic carbocycles. The van der Waals surface area contributed by atoms with Gasteiger partial charge in [0.05, 0.1) is 10.7 Å². The van der Waals surface area contributed by atoms with Gasteiger partial charge in [-0.05, 0) is 54.7 Å². The van der Waals surface area contributed by atoms with Crippen LogP contribution >= 0.6 is 23.2 Å². The largest absolute Gasteiger partial charge is 0.396 e. The van der Waals surface area contributed by atoms with Crippen LogP contribution in [-0.2, 0) is 6.54 Å². The number of carbonyl (C=O) groups excluding carboxylic acids is 1. The molecule has 0 aromatic heterocycles. The van der Waals surface area contributed by atoms with Crippen LogP contribution in [0.3, 0.4) is 0 Å². The van der Waals surface area contributed by atoms with Gasteiger partial charge in [0.15, 0.2) is 0 Å². The number of hydrogen-bond donors (Lipinski definition) is 3. The van der Waals surface area contributed by atoms with Gasteiger partial charge >= 0.3 is 6.03 Å². The Kier molecular flexibility index (Phi) is 6.83. The lowest BCUT2D eigenvalue weighted by Gasteiger charge is -2.33. The Labute approximate surface area is 169 Å². The highest BCUT2D eigenvalue weighted by molar-refractivity contribution is 6.35. The lowest BCUT2D eigenvalue weighted by molar-refractivity contribution is 0.203. The number of hydrogen-bond acceptors (Lipinski definition) is 3. The van der Waals surface area contributed by atoms with Crippen LogP contribution in [0.15, 0.2) is 42.5 Å². The zero-order chi connectivity index (χ0) is 19.2. The highest BCUT2D eigenvalue weighted by Gasteiger charge is 2.18. The second kappa shape index (κ2) is 9.31. The van der Waals surface area contributed by atoms with Crippen molar-refractivity contribution in [2.45, 2.75) is 19.4 Å². The standard InChI is InChI=1S/C20H23Cl2N3O2/c21-16-3-6-18(22)19(11-16)24-20(27)23-12-14-1-4-17(5-2-14)25-9-7-15(13-26)8-10-25/h1-6,11,15,26H,7-10,12-13H2,(H2,23,24,27). The molecule has 2 amide bonds. The Hall–Kier alpha value is -1.95. The van der Waals surface area contributed by atoms with E-state index in [9.17, 15) is 9.90 Å². The summed E-state index contributed by atoms with van der Waals surface area (Å²) in [5.41, 5.74) is 2.66. The number of piperidine rings is 1. The van der Waals surface area contributed by atoms with E-state index in [-0.39, 0.29) is 12.6 Å². The maximum Gasteiger partial charge on any atom is 0.319 e. The first-order valence-electron chi connectivity index (χ1n) is 9.00. The molecule has 0 unspecified atom stereocenters. The number of carbonyl (C=O) groups is 1. The summed E-state index contributed by atoms with van der Waals surface area (Å²) >= 11 is 12.0. The van der Waals surface area contributed by atoms with Crippen LogP contribution in [0.1, 0.15) is 18.4 Å². The fourth-order valence-corrected chi connectivity index (χ4v) is 3.48. The summed E-state index contributed by atoms with van der Waals surface area (Å²) in [4.78, 5) is 14.4. The molecule has 3 N–H and O–H groups in total. The van der Waals surface area contributed by atoms with Crippen molar-refractivity contribution in [1.82, 2.24) is 5.32 Å². The molecule has 0 saturated carbocycles. The first-order chi connectivity index (χ1) is 13.0. The van der Waals surface area contributed by atoms with Crippen LogP contribution in [0, 0.1) is 5.92 Å². The molecule has 0 spiro atoms. The number of aliphatic hydroxyl groups excluding tert-OH is 1. The Morgan fingerprint density at radius 1 is 1.11 bits per heavy atom. The zero-order valence-electron chi connectivity index (χ0n) is 14.9. The quantitative estimate of drug-likeness (QED) is 0.682. The zero-order valence-corrected chi connectivity index (χ0v) is 16.4. The lowest BCUT2D eigenvalue weighted by atomic mass is 9.97. The molecule has 144 valence electrons. The predicted molar refractivity (Wildman–Crippen MR) is 111 cm³/mol. The van der Waals surface area contributed by atoms with Gasteiger partial charge < -0.3 is 20.6 Å². The van der Waals surface area contributed by atoms with Crippen LogP contribution in [0.5, 0.6) is 0 Å². The van der Waals surface area contributed by atoms with Crippen molar-refractivity contribution in [1.29, 1.82) is 0 Å². The maximum atomic E-state index is 12.1. The fraction of sp³-hybridized carbons (Fsp3) is 0.350. The van der Waals surface area contributed by atoms with E-state index in [1.807, 2.05) is 12.1 Å². The Morgan fingerprint density at radius 3 is 2.48 bits per heavy atom. The van der Waals surface area contributed by atoms with Crippen molar-refractivity contribution in [3.05, 3.63) is 58.1 Å². The normalized spacial score (nSPS) is 14.9. The Bertz CT molecular complexity index is 775. The average molecular weight is 408 g/mol. The summed E-state index contributed by atoms with van der Waals surface area (Å²) in [5.74, 6) is 0.427. The number of nitrogens with one attached hydrogen (secondary N) is 2. The molecule has 1 aliphatic rings. The van der Waals surface area contributed by atoms with Crippen LogP contribution in [0.2, 0.25) is 10.0 Å². The second-order valence-electron chi connectivity index (χ2n) is 6.71. The number of amides is 2. The van der Waals surface area contributed by atoms with E-state index in [4.69, 9.17) is 23.2 Å². The van der Waals surface area contributed by atoms with Gasteiger partial charge in [0.1, 0.15) is 0 Å². The molecule has 0 radical (unpaired) electrons. The number of halogens is 2. The van der Waals surface area contributed by atoms with Crippen LogP contribution < -0.4 is 15.5 Å². The van der Waals surface area contributed by atoms with Crippen LogP contribution in [0.4, 0.5) is 16.2 Å². The summed E-state index contributed by atoms with van der Waals surface area (Å²) < 4.78 is 0. The number of rotatable bonds is 5. The maximum absolute atomic E-state index is 12.1. The number of aliphatic hydroxyl groups is 1. The second-order valence-corrected chi connectivity index (χ2v) is 7.55. The molecular weight excluding hydrogens is 385 g/mol. The molecule has 5 nitrogen and oxygen atoms in total. The van der Waals surface area contributed by atoms with Gasteiger partial charge in [0, 0.05) is 37.0 Å². The number of urea groups is 1. The SMILES string of the molecule is O=C(NCc1ccc(N2CCC(CO)CC2)cc1)Nc1cc(Cl)ccc1Cl. The summed E-state index contributed by atoms with van der Waals surface area (Å²) in [6.07, 6.45) is 2.04. The van der Waals surface area contributed by atoms with E-state index >= 15 is 0 Å². The molecule has 0 atom stereocenters. The van der Waals surface area contributed by atoms with Gasteiger partial charge in [0.25, 0.3) is 0 Å². The molecule has 27 heavy (non-hydrogen) atoms. The molecule has 1 saturated heterocycles. The highest BCUT2D eigenvalue weighted by Crippen LogP contribution is 2.25. The molecule has 0 bridgehead atoms. The van der Waals surface area contributed by atoms with E-state index in [1.165, 1.54) is 5.69 Å². The topological polar surface area (TPSA) is 64.6 Å². The van der Waals surface area contributed by atoms with E-state index in [2.05, 4.69) is 27.7 Å². The summed E-state index contributed by atoms with van der Waals surface area (Å²) in [7, 11) is 0. The third-order valence-electron chi connectivity index (χ3n) is 4.80. The van der Waals surface area contributed by atoms with Gasteiger partial charge in [-0.15, -0.1) is 0 Å². The number of benzene rings is 2. The summed E-state index contributed by atoms with van der Waals surface area (Å²) in [6.45, 7) is 2.62. The third-order valence-corrected chi connectivity index (χ3v) is 5.37. The van der Waals surface area contributed by atoms with Gasteiger partial charge in [-0.25, -0.2) is 4.79 Å². The Balaban J connectivity index is 1.50. The average Bonchev–Trinajstić information content (AvgIpc) is 2.70. The molecule has 1 fully saturated rings. The fourth-order valence-electron chi connectivity index (χ4n) is 3.14. The smallest absolute Gasteiger partial charge is 0.319 e. The van der Waals surface area contributed by atoms with E-state index in [0.29, 0.717) is 28.2 Å². The van der Waals surface area contributed by atoms with Crippen molar-refractivity contribution < 1.29 is 9.90 Å². The molecule has 1 aliphatic heterocycles. The first-order valence-corrected chi connectivity index (χ1v) is 9.75. The van der Waals surface area contributed by atoms with Crippen molar-refractivity contribution >= 4 is 40.6 Å². The minimum atomic E-state index is -0.339. The van der Waals surface area contributed by atoms with Crippen molar-refractivity contribution in [3.8, 4) is 0 Å². The Morgan fingerprint density at radius 2 is 1.81 bits per heavy atom. The third kappa shape index (κ3) is 5.51. The van der Waals surface area contributed by atoms with Crippen molar-refractivity contribution in [3.63, 3.8) is 0 Å². The summed E-state index contributed by atoms with van der Waals surface area (Å²) in [5, 5.41) is 15.7. The number of nitrogens with zero attached hydrogens (tertiary/aromatic N) is 1. The lowest BCUT2D eigenvalue weighted by Crippen LogP contribution is -2.34. The van der Waals surface area contributed by atoms with E-state index < -0.39 is 0 Å². The summed E-state index contributed by atoms with van der Waals surface area (Å²) in [6, 6.07) is 12.7. The molecular formula is C20H23Cl2N3O2. The minimum absolute atomic E-state index is 0.279. The number of anilines is 2. The van der Waals surface area contributed by atoms with Gasteiger partial charge in [-0.3, -0.25) is 0 Å². The highest BCUT2D eigenvalue weighted by atomic mass is 35.5. The van der Waals surface area contributed by atoms with Crippen LogP contribution in [0.25, 0.3) is 0 Å². The first kappa shape index (κ1) is 19.8. The molecule has 0 aliphatic carbocycles. The van der Waals surface area contributed by atoms with E-state index in [1.54, 1.807) is 18.2 Å². The van der Waals surface area contributed by atoms with Gasteiger partial charge in [-0.1, -0.05) is 35.3 Å². The predicted octanol–water partition coefficient (Wildman–Crippen LogP) is 4.52. The molecule has 1 heterocycles.